The zero-order chi connectivity index (χ0) is 11.4. The maximum Gasteiger partial charge on any atom is 0.143 e. The van der Waals surface area contributed by atoms with E-state index in [-0.39, 0.29) is 5.25 Å². The minimum absolute atomic E-state index is 0.258. The van der Waals surface area contributed by atoms with E-state index in [0.29, 0.717) is 0 Å². The lowest BCUT2D eigenvalue weighted by atomic mass is 9.92. The first kappa shape index (κ1) is 12.0. The van der Waals surface area contributed by atoms with Gasteiger partial charge in [-0.05, 0) is 31.4 Å². The summed E-state index contributed by atoms with van der Waals surface area (Å²) in [6, 6.07) is 10.3. The van der Waals surface area contributed by atoms with Crippen molar-refractivity contribution in [3.63, 3.8) is 0 Å². The number of thioether (sulfide) groups is 1. The van der Waals surface area contributed by atoms with Crippen LogP contribution in [0.1, 0.15) is 25.7 Å². The van der Waals surface area contributed by atoms with Crippen molar-refractivity contribution in [3.8, 4) is 0 Å². The lowest BCUT2D eigenvalue weighted by molar-refractivity contribution is -0.0347. The number of hydrogen-bond donors (Lipinski definition) is 0. The summed E-state index contributed by atoms with van der Waals surface area (Å²) in [5.74, 6) is 0. The summed E-state index contributed by atoms with van der Waals surface area (Å²) in [6.07, 6.45) is 4.27. The third kappa shape index (κ3) is 2.59. The smallest absolute Gasteiger partial charge is 0.143 e. The van der Waals surface area contributed by atoms with Crippen molar-refractivity contribution >= 4 is 11.8 Å². The molecular weight excluding hydrogens is 218 g/mol. The lowest BCUT2D eigenvalue weighted by Gasteiger charge is -2.38. The third-order valence-corrected chi connectivity index (χ3v) is 4.62. The molecule has 2 nitrogen and oxygen atoms in total. The molecule has 1 saturated carbocycles. The molecule has 3 heteroatoms. The average Bonchev–Trinajstić information content (AvgIpc) is 2.34. The molecule has 0 aromatic heterocycles. The van der Waals surface area contributed by atoms with E-state index in [0.717, 1.165) is 19.3 Å². The number of ether oxygens (including phenoxy) is 1. The summed E-state index contributed by atoms with van der Waals surface area (Å²) in [6.45, 7) is 0. The Balaban J connectivity index is 2.07. The van der Waals surface area contributed by atoms with Crippen LogP contribution in [0, 0.1) is 0 Å². The number of nitrogens with one attached hydrogen (secondary N) is 1. The van der Waals surface area contributed by atoms with Crippen LogP contribution in [0.4, 0.5) is 0 Å². The first-order chi connectivity index (χ1) is 7.74. The summed E-state index contributed by atoms with van der Waals surface area (Å²) < 4.78 is 5.41. The molecule has 1 aliphatic rings. The Morgan fingerprint density at radius 2 is 2.06 bits per heavy atom. The molecule has 0 amide bonds. The van der Waals surface area contributed by atoms with Gasteiger partial charge in [-0.3, -0.25) is 0 Å². The molecule has 1 fully saturated rings. The van der Waals surface area contributed by atoms with Crippen LogP contribution < -0.4 is 5.73 Å². The number of benzene rings is 1. The summed E-state index contributed by atoms with van der Waals surface area (Å²) in [5, 5.41) is 0.258. The second-order valence-corrected chi connectivity index (χ2v) is 5.54. The van der Waals surface area contributed by atoms with Gasteiger partial charge < -0.3 is 4.74 Å². The molecule has 1 aliphatic carbocycles. The number of hydrogen-bond acceptors (Lipinski definition) is 2. The SMILES string of the molecule is COC1([NH])CCCCC1Sc1ccccc1. The van der Waals surface area contributed by atoms with Crippen molar-refractivity contribution in [2.24, 2.45) is 0 Å². The molecule has 0 spiro atoms. The molecule has 2 unspecified atom stereocenters. The quantitative estimate of drug-likeness (QED) is 0.806. The van der Waals surface area contributed by atoms with E-state index >= 15 is 0 Å². The Kier molecular flexibility index (Phi) is 3.90. The van der Waals surface area contributed by atoms with E-state index in [9.17, 15) is 0 Å². The molecule has 2 rings (SSSR count). The van der Waals surface area contributed by atoms with Crippen LogP contribution in [0.5, 0.6) is 0 Å². The fraction of sp³-hybridized carbons (Fsp3) is 0.538. The van der Waals surface area contributed by atoms with Gasteiger partial charge in [-0.25, -0.2) is 5.73 Å². The maximum atomic E-state index is 8.33. The van der Waals surface area contributed by atoms with Gasteiger partial charge in [-0.15, -0.1) is 11.8 Å². The predicted molar refractivity (Wildman–Crippen MR) is 67.4 cm³/mol. The van der Waals surface area contributed by atoms with Crippen molar-refractivity contribution in [2.45, 2.75) is 41.6 Å². The van der Waals surface area contributed by atoms with Gasteiger partial charge in [-0.1, -0.05) is 24.6 Å². The van der Waals surface area contributed by atoms with Crippen LogP contribution in [0.3, 0.4) is 0 Å². The zero-order valence-corrected chi connectivity index (χ0v) is 10.4. The van der Waals surface area contributed by atoms with Crippen molar-refractivity contribution in [3.05, 3.63) is 30.3 Å². The largest absolute Gasteiger partial charge is 0.361 e. The van der Waals surface area contributed by atoms with Crippen LogP contribution >= 0.6 is 11.8 Å². The van der Waals surface area contributed by atoms with Gasteiger partial charge in [0.2, 0.25) is 0 Å². The third-order valence-electron chi connectivity index (χ3n) is 3.17. The van der Waals surface area contributed by atoms with Gasteiger partial charge in [0.25, 0.3) is 0 Å². The van der Waals surface area contributed by atoms with Gasteiger partial charge >= 0.3 is 0 Å². The minimum Gasteiger partial charge on any atom is -0.361 e. The van der Waals surface area contributed by atoms with Crippen molar-refractivity contribution in [1.82, 2.24) is 5.73 Å². The number of methoxy groups -OCH3 is 1. The van der Waals surface area contributed by atoms with Gasteiger partial charge in [0, 0.05) is 12.0 Å². The minimum atomic E-state index is -0.696. The predicted octanol–water partition coefficient (Wildman–Crippen LogP) is 3.35. The molecule has 87 valence electrons. The molecule has 0 saturated heterocycles. The highest BCUT2D eigenvalue weighted by molar-refractivity contribution is 8.00. The van der Waals surface area contributed by atoms with Gasteiger partial charge in [0.1, 0.15) is 5.72 Å². The standard InChI is InChI=1S/C13H18NOS/c1-15-13(14)10-6-5-9-12(13)16-11-7-3-2-4-8-11/h2-4,7-8,12,14H,5-6,9-10H2,1H3. The highest BCUT2D eigenvalue weighted by Gasteiger charge is 2.38. The van der Waals surface area contributed by atoms with E-state index in [4.69, 9.17) is 10.5 Å². The van der Waals surface area contributed by atoms with E-state index in [1.807, 2.05) is 18.2 Å². The highest BCUT2D eigenvalue weighted by atomic mass is 32.2. The second kappa shape index (κ2) is 5.21. The molecular formula is C13H18NOS. The van der Waals surface area contributed by atoms with Crippen LogP contribution in [-0.2, 0) is 4.74 Å². The van der Waals surface area contributed by atoms with Crippen LogP contribution in [-0.4, -0.2) is 18.1 Å². The van der Waals surface area contributed by atoms with Crippen molar-refractivity contribution in [1.29, 1.82) is 0 Å². The topological polar surface area (TPSA) is 33.0 Å². The van der Waals surface area contributed by atoms with Crippen LogP contribution in [0.2, 0.25) is 0 Å². The Morgan fingerprint density at radius 3 is 2.75 bits per heavy atom. The molecule has 0 heterocycles. The van der Waals surface area contributed by atoms with Crippen LogP contribution in [0.25, 0.3) is 0 Å². The maximum absolute atomic E-state index is 8.33. The van der Waals surface area contributed by atoms with Crippen molar-refractivity contribution < 1.29 is 4.74 Å². The van der Waals surface area contributed by atoms with E-state index in [1.54, 1.807) is 18.9 Å². The molecule has 0 bridgehead atoms. The summed E-state index contributed by atoms with van der Waals surface area (Å²) >= 11 is 1.78. The fourth-order valence-electron chi connectivity index (χ4n) is 2.16. The Bertz CT molecular complexity index is 330. The monoisotopic (exact) mass is 236 g/mol. The van der Waals surface area contributed by atoms with E-state index < -0.39 is 5.72 Å². The van der Waals surface area contributed by atoms with Gasteiger partial charge in [0.15, 0.2) is 0 Å². The Hall–Kier alpha value is -0.510. The van der Waals surface area contributed by atoms with Crippen molar-refractivity contribution in [2.75, 3.05) is 7.11 Å². The van der Waals surface area contributed by atoms with Crippen LogP contribution in [0.15, 0.2) is 35.2 Å². The summed E-state index contributed by atoms with van der Waals surface area (Å²) in [4.78, 5) is 1.24. The molecule has 0 aliphatic heterocycles. The Labute approximate surface area is 102 Å². The molecule has 1 radical (unpaired) electrons. The number of rotatable bonds is 3. The molecule has 1 N–H and O–H groups in total. The first-order valence-corrected chi connectivity index (χ1v) is 6.64. The zero-order valence-electron chi connectivity index (χ0n) is 9.61. The van der Waals surface area contributed by atoms with Gasteiger partial charge in [0.05, 0.1) is 5.25 Å². The fourth-order valence-corrected chi connectivity index (χ4v) is 3.49. The normalized spacial score (nSPS) is 30.2. The molecule has 1 aromatic rings. The Morgan fingerprint density at radius 1 is 1.31 bits per heavy atom. The molecule has 16 heavy (non-hydrogen) atoms. The second-order valence-electron chi connectivity index (χ2n) is 4.26. The highest BCUT2D eigenvalue weighted by Crippen LogP contribution is 2.39. The van der Waals surface area contributed by atoms with E-state index in [1.165, 1.54) is 11.3 Å². The first-order valence-electron chi connectivity index (χ1n) is 5.76. The lowest BCUT2D eigenvalue weighted by Crippen LogP contribution is -2.46. The molecule has 2 atom stereocenters. The summed E-state index contributed by atoms with van der Waals surface area (Å²) in [7, 11) is 1.66. The summed E-state index contributed by atoms with van der Waals surface area (Å²) in [5.41, 5.74) is 7.64. The van der Waals surface area contributed by atoms with Gasteiger partial charge in [-0.2, -0.15) is 0 Å². The average molecular weight is 236 g/mol. The van der Waals surface area contributed by atoms with E-state index in [2.05, 4.69) is 12.1 Å². The molecule has 1 aromatic carbocycles.